The number of carbonyl (C=O) groups excluding carboxylic acids is 1. The fraction of sp³-hybridized carbons (Fsp3) is 0.417. The van der Waals surface area contributed by atoms with Crippen molar-refractivity contribution in [2.24, 2.45) is 5.73 Å². The molecule has 0 saturated carbocycles. The lowest BCUT2D eigenvalue weighted by Gasteiger charge is -2.24. The van der Waals surface area contributed by atoms with Gasteiger partial charge in [0.05, 0.1) is 10.6 Å². The molecule has 0 aliphatic carbocycles. The molecule has 1 heterocycles. The van der Waals surface area contributed by atoms with Crippen molar-refractivity contribution >= 4 is 33.4 Å². The van der Waals surface area contributed by atoms with Crippen LogP contribution in [0.2, 0.25) is 5.02 Å². The molecule has 0 radical (unpaired) electrons. The molecule has 1 fully saturated rings. The number of benzene rings is 1. The van der Waals surface area contributed by atoms with Gasteiger partial charge in [-0.3, -0.25) is 4.79 Å². The van der Waals surface area contributed by atoms with Gasteiger partial charge in [0.2, 0.25) is 0 Å². The molecule has 5 heteroatoms. The fourth-order valence-electron chi connectivity index (χ4n) is 2.16. The predicted octanol–water partition coefficient (Wildman–Crippen LogP) is 2.67. The van der Waals surface area contributed by atoms with Gasteiger partial charge in [-0.05, 0) is 31.0 Å². The van der Waals surface area contributed by atoms with Crippen molar-refractivity contribution in [3.63, 3.8) is 0 Å². The molecule has 1 saturated heterocycles. The molecule has 1 aliphatic heterocycles. The predicted molar refractivity (Wildman–Crippen MR) is 72.3 cm³/mol. The normalized spacial score (nSPS) is 19.7. The van der Waals surface area contributed by atoms with E-state index in [1.54, 1.807) is 12.1 Å². The minimum Gasteiger partial charge on any atom is -0.334 e. The van der Waals surface area contributed by atoms with Crippen LogP contribution >= 0.6 is 27.5 Å². The van der Waals surface area contributed by atoms with Gasteiger partial charge in [-0.15, -0.1) is 0 Å². The summed E-state index contributed by atoms with van der Waals surface area (Å²) in [5.74, 6) is -0.0238. The standard InChI is InChI=1S/C12H14BrClN2O/c13-8-3-4-11(14)10(6-8)12(17)16-5-1-2-9(16)7-15/h3-4,6,9H,1-2,5,7,15H2. The van der Waals surface area contributed by atoms with Crippen LogP contribution in [0.5, 0.6) is 0 Å². The lowest BCUT2D eigenvalue weighted by Crippen LogP contribution is -2.40. The third kappa shape index (κ3) is 2.64. The van der Waals surface area contributed by atoms with Crippen molar-refractivity contribution in [1.82, 2.24) is 4.90 Å². The van der Waals surface area contributed by atoms with Crippen LogP contribution in [0.25, 0.3) is 0 Å². The smallest absolute Gasteiger partial charge is 0.255 e. The van der Waals surface area contributed by atoms with E-state index in [1.807, 2.05) is 11.0 Å². The number of nitrogens with two attached hydrogens (primary N) is 1. The number of hydrogen-bond acceptors (Lipinski definition) is 2. The average Bonchev–Trinajstić information content (AvgIpc) is 2.79. The van der Waals surface area contributed by atoms with Gasteiger partial charge in [-0.2, -0.15) is 0 Å². The minimum absolute atomic E-state index is 0.0238. The van der Waals surface area contributed by atoms with Crippen LogP contribution in [-0.2, 0) is 0 Å². The molecule has 2 rings (SSSR count). The number of rotatable bonds is 2. The molecule has 1 aromatic carbocycles. The minimum atomic E-state index is -0.0238. The van der Waals surface area contributed by atoms with Gasteiger partial charge in [-0.1, -0.05) is 27.5 Å². The molecule has 1 unspecified atom stereocenters. The van der Waals surface area contributed by atoms with Crippen LogP contribution in [0.3, 0.4) is 0 Å². The molecule has 1 atom stereocenters. The van der Waals surface area contributed by atoms with E-state index >= 15 is 0 Å². The maximum absolute atomic E-state index is 12.4. The summed E-state index contributed by atoms with van der Waals surface area (Å²) in [5.41, 5.74) is 6.21. The van der Waals surface area contributed by atoms with Crippen LogP contribution in [-0.4, -0.2) is 29.9 Å². The molecule has 3 nitrogen and oxygen atoms in total. The summed E-state index contributed by atoms with van der Waals surface area (Å²) in [6.45, 7) is 1.28. The highest BCUT2D eigenvalue weighted by Gasteiger charge is 2.29. The third-order valence-corrected chi connectivity index (χ3v) is 3.89. The average molecular weight is 318 g/mol. The molecule has 1 amide bonds. The summed E-state index contributed by atoms with van der Waals surface area (Å²) < 4.78 is 0.855. The number of amides is 1. The summed E-state index contributed by atoms with van der Waals surface area (Å²) in [4.78, 5) is 14.2. The molecule has 0 spiro atoms. The van der Waals surface area contributed by atoms with Gasteiger partial charge in [-0.25, -0.2) is 0 Å². The topological polar surface area (TPSA) is 46.3 Å². The van der Waals surface area contributed by atoms with E-state index in [2.05, 4.69) is 15.9 Å². The number of hydrogen-bond donors (Lipinski definition) is 1. The molecular formula is C12H14BrClN2O. The van der Waals surface area contributed by atoms with E-state index < -0.39 is 0 Å². The Balaban J connectivity index is 2.27. The van der Waals surface area contributed by atoms with Crippen LogP contribution in [0.15, 0.2) is 22.7 Å². The van der Waals surface area contributed by atoms with Gasteiger partial charge in [0.15, 0.2) is 0 Å². The zero-order chi connectivity index (χ0) is 12.4. The number of nitrogens with zero attached hydrogens (tertiary/aromatic N) is 1. The van der Waals surface area contributed by atoms with Gasteiger partial charge in [0, 0.05) is 23.6 Å². The zero-order valence-electron chi connectivity index (χ0n) is 9.33. The van der Waals surface area contributed by atoms with Gasteiger partial charge in [0.25, 0.3) is 5.91 Å². The van der Waals surface area contributed by atoms with Gasteiger partial charge >= 0.3 is 0 Å². The first kappa shape index (κ1) is 12.9. The molecule has 92 valence electrons. The number of carbonyl (C=O) groups is 1. The molecule has 17 heavy (non-hydrogen) atoms. The SMILES string of the molecule is NCC1CCCN1C(=O)c1cc(Br)ccc1Cl. The van der Waals surface area contributed by atoms with E-state index in [0.29, 0.717) is 17.1 Å². The van der Waals surface area contributed by atoms with Crippen molar-refractivity contribution in [2.75, 3.05) is 13.1 Å². The first-order valence-corrected chi connectivity index (χ1v) is 6.76. The van der Waals surface area contributed by atoms with E-state index in [9.17, 15) is 4.79 Å². The highest BCUT2D eigenvalue weighted by atomic mass is 79.9. The second-order valence-corrected chi connectivity index (χ2v) is 5.48. The lowest BCUT2D eigenvalue weighted by molar-refractivity contribution is 0.0741. The summed E-state index contributed by atoms with van der Waals surface area (Å²) >= 11 is 9.41. The Morgan fingerprint density at radius 3 is 3.06 bits per heavy atom. The first-order chi connectivity index (χ1) is 8.13. The van der Waals surface area contributed by atoms with E-state index in [1.165, 1.54) is 0 Å². The van der Waals surface area contributed by atoms with Crippen molar-refractivity contribution < 1.29 is 4.79 Å². The van der Waals surface area contributed by atoms with Crippen molar-refractivity contribution in [3.05, 3.63) is 33.3 Å². The van der Waals surface area contributed by atoms with E-state index in [4.69, 9.17) is 17.3 Å². The van der Waals surface area contributed by atoms with Crippen molar-refractivity contribution in [1.29, 1.82) is 0 Å². The molecule has 1 aromatic rings. The highest BCUT2D eigenvalue weighted by molar-refractivity contribution is 9.10. The molecule has 0 aromatic heterocycles. The van der Waals surface area contributed by atoms with Crippen LogP contribution in [0.4, 0.5) is 0 Å². The van der Waals surface area contributed by atoms with Crippen molar-refractivity contribution in [3.8, 4) is 0 Å². The summed E-state index contributed by atoms with van der Waals surface area (Å²) in [6.07, 6.45) is 1.99. The Bertz CT molecular complexity index is 439. The second kappa shape index (κ2) is 5.38. The Morgan fingerprint density at radius 1 is 1.59 bits per heavy atom. The number of halogens is 2. The Hall–Kier alpha value is -0.580. The highest BCUT2D eigenvalue weighted by Crippen LogP contribution is 2.25. The van der Waals surface area contributed by atoms with Crippen LogP contribution in [0, 0.1) is 0 Å². The van der Waals surface area contributed by atoms with E-state index in [-0.39, 0.29) is 11.9 Å². The maximum Gasteiger partial charge on any atom is 0.255 e. The van der Waals surface area contributed by atoms with Gasteiger partial charge < -0.3 is 10.6 Å². The third-order valence-electron chi connectivity index (χ3n) is 3.07. The Kier molecular flexibility index (Phi) is 4.07. The Labute approximate surface area is 114 Å². The largest absolute Gasteiger partial charge is 0.334 e. The molecular weight excluding hydrogens is 304 g/mol. The summed E-state index contributed by atoms with van der Waals surface area (Å²) in [5, 5.41) is 0.487. The van der Waals surface area contributed by atoms with Crippen LogP contribution in [0.1, 0.15) is 23.2 Å². The summed E-state index contributed by atoms with van der Waals surface area (Å²) in [6, 6.07) is 5.46. The first-order valence-electron chi connectivity index (χ1n) is 5.59. The van der Waals surface area contributed by atoms with Crippen LogP contribution < -0.4 is 5.73 Å². The monoisotopic (exact) mass is 316 g/mol. The second-order valence-electron chi connectivity index (χ2n) is 4.15. The maximum atomic E-state index is 12.4. The lowest BCUT2D eigenvalue weighted by atomic mass is 10.1. The van der Waals surface area contributed by atoms with Gasteiger partial charge in [0.1, 0.15) is 0 Å². The Morgan fingerprint density at radius 2 is 2.35 bits per heavy atom. The van der Waals surface area contributed by atoms with Crippen molar-refractivity contribution in [2.45, 2.75) is 18.9 Å². The molecule has 1 aliphatic rings. The summed E-state index contributed by atoms with van der Waals surface area (Å²) in [7, 11) is 0. The molecule has 0 bridgehead atoms. The fourth-order valence-corrected chi connectivity index (χ4v) is 2.72. The molecule has 2 N–H and O–H groups in total. The number of likely N-dealkylation sites (tertiary alicyclic amines) is 1. The quantitative estimate of drug-likeness (QED) is 0.911. The van der Waals surface area contributed by atoms with E-state index in [0.717, 1.165) is 23.9 Å². The zero-order valence-corrected chi connectivity index (χ0v) is 11.7.